The molecule has 32 heavy (non-hydrogen) atoms. The third-order valence-corrected chi connectivity index (χ3v) is 5.35. The molecular formula is C24H19FN4O2S. The van der Waals surface area contributed by atoms with Crippen LogP contribution in [0.25, 0.3) is 0 Å². The van der Waals surface area contributed by atoms with Crippen LogP contribution in [0.4, 0.5) is 10.1 Å². The van der Waals surface area contributed by atoms with E-state index < -0.39 is 23.7 Å². The Hall–Kier alpha value is -3.91. The average Bonchev–Trinajstić information content (AvgIpc) is 3.38. The summed E-state index contributed by atoms with van der Waals surface area (Å²) in [6.07, 6.45) is 0. The van der Waals surface area contributed by atoms with E-state index in [0.29, 0.717) is 5.69 Å². The van der Waals surface area contributed by atoms with Crippen molar-refractivity contribution in [3.8, 4) is 0 Å². The Morgan fingerprint density at radius 1 is 0.938 bits per heavy atom. The van der Waals surface area contributed by atoms with Crippen LogP contribution < -0.4 is 10.2 Å². The van der Waals surface area contributed by atoms with Gasteiger partial charge in [-0.05, 0) is 35.3 Å². The number of rotatable bonds is 7. The number of hydrogen-bond acceptors (Lipinski definition) is 5. The Labute approximate surface area is 188 Å². The number of nitrogens with one attached hydrogen (secondary N) is 1. The molecule has 0 aliphatic rings. The lowest BCUT2D eigenvalue weighted by atomic mass is 10.0. The first kappa shape index (κ1) is 21.3. The number of anilines is 1. The summed E-state index contributed by atoms with van der Waals surface area (Å²) in [5.41, 5.74) is 1.48. The minimum Gasteiger partial charge on any atom is -0.350 e. The standard InChI is InChI=1S/C24H19FN4O2S/c25-20-14-8-7-13-19(20)22(23(30)26-15-17-9-3-1-4-10-17)29(18-11-5-2-6-12-18)24(31)21-16-32-28-27-21/h1-14,16,22H,15H2,(H,26,30). The van der Waals surface area contributed by atoms with Gasteiger partial charge >= 0.3 is 0 Å². The number of para-hydroxylation sites is 1. The zero-order valence-corrected chi connectivity index (χ0v) is 17.7. The fraction of sp³-hybridized carbons (Fsp3) is 0.0833. The topological polar surface area (TPSA) is 75.2 Å². The maximum atomic E-state index is 14.9. The lowest BCUT2D eigenvalue weighted by Gasteiger charge is -2.31. The fourth-order valence-electron chi connectivity index (χ4n) is 3.33. The summed E-state index contributed by atoms with van der Waals surface area (Å²) >= 11 is 1.02. The van der Waals surface area contributed by atoms with Gasteiger partial charge in [0.2, 0.25) is 5.91 Å². The van der Waals surface area contributed by atoms with Crippen LogP contribution in [-0.2, 0) is 11.3 Å². The monoisotopic (exact) mass is 446 g/mol. The molecule has 0 spiro atoms. The molecule has 0 fully saturated rings. The van der Waals surface area contributed by atoms with Crippen LogP contribution in [0, 0.1) is 5.82 Å². The van der Waals surface area contributed by atoms with Gasteiger partial charge in [-0.2, -0.15) is 0 Å². The molecule has 0 bridgehead atoms. The van der Waals surface area contributed by atoms with Gasteiger partial charge in [0.25, 0.3) is 5.91 Å². The summed E-state index contributed by atoms with van der Waals surface area (Å²) in [6.45, 7) is 0.236. The third kappa shape index (κ3) is 4.70. The van der Waals surface area contributed by atoms with Crippen LogP contribution in [-0.4, -0.2) is 21.4 Å². The molecule has 6 nitrogen and oxygen atoms in total. The van der Waals surface area contributed by atoms with Crippen molar-refractivity contribution in [1.29, 1.82) is 0 Å². The largest absolute Gasteiger partial charge is 0.350 e. The van der Waals surface area contributed by atoms with Gasteiger partial charge in [0, 0.05) is 23.2 Å². The van der Waals surface area contributed by atoms with E-state index in [9.17, 15) is 14.0 Å². The van der Waals surface area contributed by atoms with E-state index in [1.54, 1.807) is 36.4 Å². The first-order valence-electron chi connectivity index (χ1n) is 9.87. The quantitative estimate of drug-likeness (QED) is 0.457. The number of halogens is 1. The van der Waals surface area contributed by atoms with Crippen LogP contribution in [0.3, 0.4) is 0 Å². The number of carbonyl (C=O) groups excluding carboxylic acids is 2. The van der Waals surface area contributed by atoms with Gasteiger partial charge in [0.1, 0.15) is 11.9 Å². The Kier molecular flexibility index (Phi) is 6.62. The second kappa shape index (κ2) is 9.93. The van der Waals surface area contributed by atoms with Crippen LogP contribution in [0.1, 0.15) is 27.7 Å². The van der Waals surface area contributed by atoms with Gasteiger partial charge in [-0.15, -0.1) is 5.10 Å². The highest BCUT2D eigenvalue weighted by atomic mass is 32.1. The van der Waals surface area contributed by atoms with Gasteiger partial charge in [-0.1, -0.05) is 71.2 Å². The first-order chi connectivity index (χ1) is 15.6. The first-order valence-corrected chi connectivity index (χ1v) is 10.7. The lowest BCUT2D eigenvalue weighted by molar-refractivity contribution is -0.122. The number of amides is 2. The normalized spacial score (nSPS) is 11.5. The van der Waals surface area contributed by atoms with E-state index >= 15 is 0 Å². The van der Waals surface area contributed by atoms with E-state index in [1.807, 2.05) is 30.3 Å². The molecule has 1 N–H and O–H groups in total. The molecule has 2 amide bonds. The second-order valence-electron chi connectivity index (χ2n) is 6.93. The van der Waals surface area contributed by atoms with Crippen LogP contribution in [0.5, 0.6) is 0 Å². The zero-order valence-electron chi connectivity index (χ0n) is 16.9. The van der Waals surface area contributed by atoms with Crippen molar-refractivity contribution in [2.45, 2.75) is 12.6 Å². The van der Waals surface area contributed by atoms with Crippen molar-refractivity contribution < 1.29 is 14.0 Å². The van der Waals surface area contributed by atoms with Crippen molar-refractivity contribution in [1.82, 2.24) is 14.9 Å². The van der Waals surface area contributed by atoms with E-state index in [2.05, 4.69) is 14.9 Å². The van der Waals surface area contributed by atoms with E-state index in [1.165, 1.54) is 28.5 Å². The summed E-state index contributed by atoms with van der Waals surface area (Å²) in [5.74, 6) is -1.65. The molecule has 3 aromatic carbocycles. The smallest absolute Gasteiger partial charge is 0.280 e. The summed E-state index contributed by atoms with van der Waals surface area (Å²) in [5, 5.41) is 8.21. The minimum atomic E-state index is -1.25. The number of aromatic nitrogens is 2. The molecule has 1 heterocycles. The van der Waals surface area contributed by atoms with Gasteiger partial charge in [-0.3, -0.25) is 14.5 Å². The predicted molar refractivity (Wildman–Crippen MR) is 121 cm³/mol. The highest BCUT2D eigenvalue weighted by molar-refractivity contribution is 7.03. The Bertz CT molecular complexity index is 1190. The van der Waals surface area contributed by atoms with Crippen LogP contribution >= 0.6 is 11.5 Å². The highest BCUT2D eigenvalue weighted by Gasteiger charge is 2.35. The van der Waals surface area contributed by atoms with Gasteiger partial charge in [0.05, 0.1) is 0 Å². The molecule has 0 saturated heterocycles. The van der Waals surface area contributed by atoms with Crippen molar-refractivity contribution in [2.24, 2.45) is 0 Å². The highest BCUT2D eigenvalue weighted by Crippen LogP contribution is 2.31. The Morgan fingerprint density at radius 3 is 2.25 bits per heavy atom. The zero-order chi connectivity index (χ0) is 22.3. The second-order valence-corrected chi connectivity index (χ2v) is 7.54. The summed E-state index contributed by atoms with van der Waals surface area (Å²) in [7, 11) is 0. The van der Waals surface area contributed by atoms with Gasteiger partial charge < -0.3 is 5.32 Å². The fourth-order valence-corrected chi connectivity index (χ4v) is 3.76. The molecule has 0 radical (unpaired) electrons. The van der Waals surface area contributed by atoms with Crippen molar-refractivity contribution >= 4 is 29.0 Å². The maximum Gasteiger partial charge on any atom is 0.280 e. The van der Waals surface area contributed by atoms with Crippen LogP contribution in [0.15, 0.2) is 90.3 Å². The summed E-state index contributed by atoms with van der Waals surface area (Å²) < 4.78 is 18.7. The number of carbonyl (C=O) groups is 2. The molecule has 0 saturated carbocycles. The van der Waals surface area contributed by atoms with E-state index in [4.69, 9.17) is 0 Å². The van der Waals surface area contributed by atoms with Crippen LogP contribution in [0.2, 0.25) is 0 Å². The molecule has 0 aliphatic heterocycles. The van der Waals surface area contributed by atoms with Gasteiger partial charge in [0.15, 0.2) is 5.69 Å². The molecule has 1 atom stereocenters. The maximum absolute atomic E-state index is 14.9. The summed E-state index contributed by atoms with van der Waals surface area (Å²) in [4.78, 5) is 28.2. The van der Waals surface area contributed by atoms with Crippen molar-refractivity contribution in [3.05, 3.63) is 113 Å². The minimum absolute atomic E-state index is 0.0797. The molecular weight excluding hydrogens is 427 g/mol. The molecule has 1 aromatic heterocycles. The molecule has 4 rings (SSSR count). The SMILES string of the molecule is O=C(NCc1ccccc1)C(c1ccccc1F)N(C(=O)c1csnn1)c1ccccc1. The van der Waals surface area contributed by atoms with Gasteiger partial charge in [-0.25, -0.2) is 4.39 Å². The van der Waals surface area contributed by atoms with E-state index in [-0.39, 0.29) is 17.8 Å². The Balaban J connectivity index is 1.77. The molecule has 1 unspecified atom stereocenters. The van der Waals surface area contributed by atoms with E-state index in [0.717, 1.165) is 17.1 Å². The number of hydrogen-bond donors (Lipinski definition) is 1. The number of nitrogens with zero attached hydrogens (tertiary/aromatic N) is 3. The molecule has 0 aliphatic carbocycles. The molecule has 8 heteroatoms. The predicted octanol–water partition coefficient (Wildman–Crippen LogP) is 4.38. The molecule has 4 aromatic rings. The third-order valence-electron chi connectivity index (χ3n) is 4.85. The van der Waals surface area contributed by atoms with Crippen molar-refractivity contribution in [2.75, 3.05) is 4.90 Å². The lowest BCUT2D eigenvalue weighted by Crippen LogP contribution is -2.44. The molecule has 160 valence electrons. The average molecular weight is 447 g/mol. The summed E-state index contributed by atoms with van der Waals surface area (Å²) in [6, 6.07) is 22.7. The number of benzene rings is 3. The van der Waals surface area contributed by atoms with Crippen molar-refractivity contribution in [3.63, 3.8) is 0 Å². The Morgan fingerprint density at radius 2 is 1.59 bits per heavy atom.